The van der Waals surface area contributed by atoms with Gasteiger partial charge in [0.15, 0.2) is 0 Å². The third-order valence-corrected chi connectivity index (χ3v) is 3.97. The summed E-state index contributed by atoms with van der Waals surface area (Å²) in [5, 5.41) is 10.6. The Balaban J connectivity index is 2.24. The van der Waals surface area contributed by atoms with E-state index in [-0.39, 0.29) is 0 Å². The molecule has 2 rings (SSSR count). The molecule has 0 saturated heterocycles. The average Bonchev–Trinajstić information content (AvgIpc) is 2.27. The molecule has 1 fully saturated rings. The molecule has 0 heterocycles. The first kappa shape index (κ1) is 12.6. The minimum absolute atomic E-state index is 0.359. The summed E-state index contributed by atoms with van der Waals surface area (Å²) in [7, 11) is 1.64. The van der Waals surface area contributed by atoms with E-state index < -0.39 is 5.60 Å². The molecule has 0 bridgehead atoms. The van der Waals surface area contributed by atoms with Crippen molar-refractivity contribution in [1.29, 1.82) is 0 Å². The SMILES string of the molecule is CCC(O)(COC)c1cccc(C2CCC2)c1. The monoisotopic (exact) mass is 234 g/mol. The van der Waals surface area contributed by atoms with Gasteiger partial charge < -0.3 is 9.84 Å². The fraction of sp³-hybridized carbons (Fsp3) is 0.600. The summed E-state index contributed by atoms with van der Waals surface area (Å²) in [5.74, 6) is 0.707. The number of rotatable bonds is 5. The summed E-state index contributed by atoms with van der Waals surface area (Å²) in [6, 6.07) is 8.40. The molecule has 1 aromatic carbocycles. The van der Waals surface area contributed by atoms with Crippen LogP contribution >= 0.6 is 0 Å². The van der Waals surface area contributed by atoms with Crippen molar-refractivity contribution in [1.82, 2.24) is 0 Å². The van der Waals surface area contributed by atoms with Crippen molar-refractivity contribution in [3.63, 3.8) is 0 Å². The lowest BCUT2D eigenvalue weighted by molar-refractivity contribution is -0.0387. The third-order valence-electron chi connectivity index (χ3n) is 3.97. The number of methoxy groups -OCH3 is 1. The topological polar surface area (TPSA) is 29.5 Å². The van der Waals surface area contributed by atoms with E-state index in [4.69, 9.17) is 4.74 Å². The average molecular weight is 234 g/mol. The zero-order valence-corrected chi connectivity index (χ0v) is 10.8. The van der Waals surface area contributed by atoms with Crippen LogP contribution in [0.3, 0.4) is 0 Å². The summed E-state index contributed by atoms with van der Waals surface area (Å²) in [6.45, 7) is 2.35. The number of ether oxygens (including phenoxy) is 1. The van der Waals surface area contributed by atoms with Crippen molar-refractivity contribution < 1.29 is 9.84 Å². The summed E-state index contributed by atoms with van der Waals surface area (Å²) in [5.41, 5.74) is 1.53. The van der Waals surface area contributed by atoms with Gasteiger partial charge in [0.05, 0.1) is 6.61 Å². The van der Waals surface area contributed by atoms with Gasteiger partial charge in [0.25, 0.3) is 0 Å². The van der Waals surface area contributed by atoms with Gasteiger partial charge in [-0.3, -0.25) is 0 Å². The molecule has 1 aromatic rings. The Morgan fingerprint density at radius 3 is 2.71 bits per heavy atom. The van der Waals surface area contributed by atoms with Crippen LogP contribution in [0.15, 0.2) is 24.3 Å². The van der Waals surface area contributed by atoms with E-state index in [0.717, 1.165) is 5.56 Å². The molecule has 1 N–H and O–H groups in total. The maximum absolute atomic E-state index is 10.6. The molecule has 1 saturated carbocycles. The minimum Gasteiger partial charge on any atom is -0.383 e. The Kier molecular flexibility index (Phi) is 3.85. The van der Waals surface area contributed by atoms with Crippen LogP contribution < -0.4 is 0 Å². The molecule has 2 heteroatoms. The van der Waals surface area contributed by atoms with Crippen LogP contribution in [-0.4, -0.2) is 18.8 Å². The summed E-state index contributed by atoms with van der Waals surface area (Å²) < 4.78 is 5.14. The molecule has 1 unspecified atom stereocenters. The molecule has 0 amide bonds. The van der Waals surface area contributed by atoms with Gasteiger partial charge in [-0.1, -0.05) is 37.6 Å². The highest BCUT2D eigenvalue weighted by atomic mass is 16.5. The second kappa shape index (κ2) is 5.19. The van der Waals surface area contributed by atoms with Crippen molar-refractivity contribution in [3.05, 3.63) is 35.4 Å². The minimum atomic E-state index is -0.839. The first-order valence-electron chi connectivity index (χ1n) is 6.51. The third kappa shape index (κ3) is 2.53. The summed E-state index contributed by atoms with van der Waals surface area (Å²) in [6.07, 6.45) is 4.59. The van der Waals surface area contributed by atoms with Crippen molar-refractivity contribution in [2.75, 3.05) is 13.7 Å². The van der Waals surface area contributed by atoms with E-state index in [0.29, 0.717) is 18.9 Å². The molecular weight excluding hydrogens is 212 g/mol. The lowest BCUT2D eigenvalue weighted by Crippen LogP contribution is -2.30. The fourth-order valence-corrected chi connectivity index (χ4v) is 2.45. The Morgan fingerprint density at radius 1 is 1.41 bits per heavy atom. The van der Waals surface area contributed by atoms with E-state index in [9.17, 15) is 5.11 Å². The van der Waals surface area contributed by atoms with Crippen LogP contribution in [0.25, 0.3) is 0 Å². The molecule has 0 spiro atoms. The number of benzene rings is 1. The zero-order chi connectivity index (χ0) is 12.3. The summed E-state index contributed by atoms with van der Waals surface area (Å²) in [4.78, 5) is 0. The molecule has 2 nitrogen and oxygen atoms in total. The van der Waals surface area contributed by atoms with Crippen LogP contribution in [0.5, 0.6) is 0 Å². The van der Waals surface area contributed by atoms with Gasteiger partial charge in [-0.15, -0.1) is 0 Å². The number of hydrogen-bond acceptors (Lipinski definition) is 2. The van der Waals surface area contributed by atoms with Gasteiger partial charge in [-0.2, -0.15) is 0 Å². The molecule has 17 heavy (non-hydrogen) atoms. The van der Waals surface area contributed by atoms with E-state index in [1.165, 1.54) is 24.8 Å². The normalized spacial score (nSPS) is 19.7. The van der Waals surface area contributed by atoms with E-state index in [1.54, 1.807) is 7.11 Å². The fourth-order valence-electron chi connectivity index (χ4n) is 2.45. The lowest BCUT2D eigenvalue weighted by Gasteiger charge is -2.30. The maximum Gasteiger partial charge on any atom is 0.113 e. The van der Waals surface area contributed by atoms with Gasteiger partial charge >= 0.3 is 0 Å². The second-order valence-electron chi connectivity index (χ2n) is 5.07. The highest BCUT2D eigenvalue weighted by Gasteiger charge is 2.28. The van der Waals surface area contributed by atoms with E-state index in [1.807, 2.05) is 13.0 Å². The Labute approximate surface area is 104 Å². The predicted octanol–water partition coefficient (Wildman–Crippen LogP) is 3.20. The maximum atomic E-state index is 10.6. The smallest absolute Gasteiger partial charge is 0.113 e. The Bertz CT molecular complexity index is 371. The first-order valence-corrected chi connectivity index (χ1v) is 6.51. The molecule has 1 aliphatic rings. The van der Waals surface area contributed by atoms with Crippen LogP contribution in [0, 0.1) is 0 Å². The Morgan fingerprint density at radius 2 is 2.18 bits per heavy atom. The second-order valence-corrected chi connectivity index (χ2v) is 5.07. The largest absolute Gasteiger partial charge is 0.383 e. The number of hydrogen-bond donors (Lipinski definition) is 1. The highest BCUT2D eigenvalue weighted by molar-refractivity contribution is 5.31. The van der Waals surface area contributed by atoms with Crippen molar-refractivity contribution in [3.8, 4) is 0 Å². The van der Waals surface area contributed by atoms with Crippen LogP contribution in [0.1, 0.15) is 49.7 Å². The van der Waals surface area contributed by atoms with Gasteiger partial charge in [-0.25, -0.2) is 0 Å². The number of aliphatic hydroxyl groups is 1. The molecule has 0 aliphatic heterocycles. The summed E-state index contributed by atoms with van der Waals surface area (Å²) >= 11 is 0. The standard InChI is InChI=1S/C15H22O2/c1-3-15(16,11-17-2)14-9-5-8-13(10-14)12-6-4-7-12/h5,8-10,12,16H,3-4,6-7,11H2,1-2H3. The predicted molar refractivity (Wildman–Crippen MR) is 69.1 cm³/mol. The van der Waals surface area contributed by atoms with Crippen molar-refractivity contribution >= 4 is 0 Å². The van der Waals surface area contributed by atoms with Crippen molar-refractivity contribution in [2.45, 2.75) is 44.1 Å². The molecule has 94 valence electrons. The lowest BCUT2D eigenvalue weighted by atomic mass is 9.78. The molecule has 0 radical (unpaired) electrons. The van der Waals surface area contributed by atoms with Crippen LogP contribution in [0.4, 0.5) is 0 Å². The zero-order valence-electron chi connectivity index (χ0n) is 10.8. The van der Waals surface area contributed by atoms with Gasteiger partial charge in [0, 0.05) is 7.11 Å². The molecular formula is C15H22O2. The molecule has 1 aliphatic carbocycles. The van der Waals surface area contributed by atoms with E-state index >= 15 is 0 Å². The first-order chi connectivity index (χ1) is 8.19. The highest BCUT2D eigenvalue weighted by Crippen LogP contribution is 2.38. The van der Waals surface area contributed by atoms with Gasteiger partial charge in [0.1, 0.15) is 5.60 Å². The van der Waals surface area contributed by atoms with E-state index in [2.05, 4.69) is 18.2 Å². The van der Waals surface area contributed by atoms with Crippen molar-refractivity contribution in [2.24, 2.45) is 0 Å². The molecule has 0 aromatic heterocycles. The van der Waals surface area contributed by atoms with Crippen LogP contribution in [-0.2, 0) is 10.3 Å². The Hall–Kier alpha value is -0.860. The van der Waals surface area contributed by atoms with Crippen LogP contribution in [0.2, 0.25) is 0 Å². The van der Waals surface area contributed by atoms with Gasteiger partial charge in [0.2, 0.25) is 0 Å². The quantitative estimate of drug-likeness (QED) is 0.847. The molecule has 1 atom stereocenters. The van der Waals surface area contributed by atoms with Gasteiger partial charge in [-0.05, 0) is 36.3 Å².